The van der Waals surface area contributed by atoms with Gasteiger partial charge < -0.3 is 4.57 Å². The molecular formula is C13H12N4O2S. The summed E-state index contributed by atoms with van der Waals surface area (Å²) in [6.07, 6.45) is 0. The van der Waals surface area contributed by atoms with Crippen molar-refractivity contribution >= 4 is 28.3 Å². The van der Waals surface area contributed by atoms with E-state index in [0.717, 1.165) is 16.7 Å². The van der Waals surface area contributed by atoms with Gasteiger partial charge in [0.25, 0.3) is 5.91 Å². The summed E-state index contributed by atoms with van der Waals surface area (Å²) in [5.41, 5.74) is 6.55. The van der Waals surface area contributed by atoms with Gasteiger partial charge in [-0.25, -0.2) is 15.4 Å². The predicted molar refractivity (Wildman–Crippen MR) is 76.0 cm³/mol. The molecule has 2 heterocycles. The average Bonchev–Trinajstić information content (AvgIpc) is 3.07. The van der Waals surface area contributed by atoms with Crippen LogP contribution in [0, 0.1) is 0 Å². The number of amides is 1. The fraction of sp³-hybridized carbons (Fsp3) is 0.154. The largest absolute Gasteiger partial charge is 0.313 e. The third-order valence-corrected chi connectivity index (χ3v) is 3.42. The third-order valence-electron chi connectivity index (χ3n) is 2.83. The van der Waals surface area contributed by atoms with Crippen molar-refractivity contribution in [2.45, 2.75) is 6.54 Å². The van der Waals surface area contributed by atoms with Crippen LogP contribution in [0.4, 0.5) is 0 Å². The maximum absolute atomic E-state index is 11.8. The number of carbonyl (C=O) groups is 1. The molecule has 3 rings (SSSR count). The molecule has 0 fully saturated rings. The first-order chi connectivity index (χ1) is 9.79. The normalized spacial score (nSPS) is 10.8. The molecule has 1 N–H and O–H groups in total. The van der Waals surface area contributed by atoms with Crippen LogP contribution in [0.15, 0.2) is 35.2 Å². The van der Waals surface area contributed by atoms with Crippen molar-refractivity contribution in [2.75, 3.05) is 7.11 Å². The van der Waals surface area contributed by atoms with Gasteiger partial charge >= 0.3 is 0 Å². The van der Waals surface area contributed by atoms with Crippen molar-refractivity contribution in [3.63, 3.8) is 0 Å². The number of hydrogen-bond acceptors (Lipinski definition) is 5. The Morgan fingerprint density at radius 3 is 3.05 bits per heavy atom. The molecule has 1 amide bonds. The summed E-state index contributed by atoms with van der Waals surface area (Å²) in [6, 6.07) is 7.67. The van der Waals surface area contributed by atoms with Crippen LogP contribution in [0.25, 0.3) is 22.6 Å². The van der Waals surface area contributed by atoms with Crippen molar-refractivity contribution < 1.29 is 9.63 Å². The Balaban J connectivity index is 2.11. The van der Waals surface area contributed by atoms with Gasteiger partial charge in [0.15, 0.2) is 5.82 Å². The van der Waals surface area contributed by atoms with E-state index in [2.05, 4.69) is 20.3 Å². The molecule has 0 saturated carbocycles. The van der Waals surface area contributed by atoms with Crippen LogP contribution < -0.4 is 5.48 Å². The minimum atomic E-state index is -0.243. The molecule has 0 aliphatic rings. The fourth-order valence-corrected chi connectivity index (χ4v) is 2.57. The Hall–Kier alpha value is -2.25. The van der Waals surface area contributed by atoms with Crippen LogP contribution >= 0.6 is 11.3 Å². The Labute approximate surface area is 119 Å². The second-order valence-electron chi connectivity index (χ2n) is 4.11. The summed E-state index contributed by atoms with van der Waals surface area (Å²) in [5.74, 6) is 0.436. The van der Waals surface area contributed by atoms with E-state index in [4.69, 9.17) is 0 Å². The standard InChI is InChI=1S/C13H12N4O2S/c1-19-16-12(18)6-17-11-5-3-2-4-9(11)15-13(17)10-7-20-8-14-10/h2-5,7-8H,6H2,1H3,(H,16,18). The smallest absolute Gasteiger partial charge is 0.263 e. The molecule has 20 heavy (non-hydrogen) atoms. The maximum atomic E-state index is 11.8. The van der Waals surface area contributed by atoms with Gasteiger partial charge in [-0.15, -0.1) is 11.3 Å². The molecule has 2 aromatic heterocycles. The zero-order chi connectivity index (χ0) is 13.9. The Bertz CT molecular complexity index is 736. The van der Waals surface area contributed by atoms with Crippen LogP contribution in [0.5, 0.6) is 0 Å². The molecule has 7 heteroatoms. The number of para-hydroxylation sites is 2. The lowest BCUT2D eigenvalue weighted by molar-refractivity contribution is -0.131. The molecule has 0 unspecified atom stereocenters. The molecule has 0 radical (unpaired) electrons. The highest BCUT2D eigenvalue weighted by molar-refractivity contribution is 7.07. The summed E-state index contributed by atoms with van der Waals surface area (Å²) in [7, 11) is 1.41. The van der Waals surface area contributed by atoms with Gasteiger partial charge in [-0.3, -0.25) is 9.63 Å². The number of fused-ring (bicyclic) bond motifs is 1. The van der Waals surface area contributed by atoms with Crippen molar-refractivity contribution in [3.8, 4) is 11.5 Å². The number of nitrogens with zero attached hydrogens (tertiary/aromatic N) is 3. The van der Waals surface area contributed by atoms with E-state index in [1.807, 2.05) is 34.2 Å². The first-order valence-corrected chi connectivity index (χ1v) is 6.89. The predicted octanol–water partition coefficient (Wildman–Crippen LogP) is 1.84. The van der Waals surface area contributed by atoms with Crippen molar-refractivity contribution in [1.82, 2.24) is 20.0 Å². The highest BCUT2D eigenvalue weighted by atomic mass is 32.1. The van der Waals surface area contributed by atoms with Gasteiger partial charge in [0.1, 0.15) is 12.2 Å². The van der Waals surface area contributed by atoms with Crippen LogP contribution in [0.3, 0.4) is 0 Å². The van der Waals surface area contributed by atoms with E-state index in [-0.39, 0.29) is 12.5 Å². The second-order valence-corrected chi connectivity index (χ2v) is 4.83. The second kappa shape index (κ2) is 5.40. The first kappa shape index (κ1) is 12.8. The van der Waals surface area contributed by atoms with Crippen LogP contribution in [-0.4, -0.2) is 27.6 Å². The number of carbonyl (C=O) groups excluding carboxylic acids is 1. The molecule has 3 aromatic rings. The number of hydroxylamine groups is 1. The Morgan fingerprint density at radius 1 is 1.45 bits per heavy atom. The SMILES string of the molecule is CONC(=O)Cn1c(-c2cscn2)nc2ccccc21. The molecular weight excluding hydrogens is 276 g/mol. The monoisotopic (exact) mass is 288 g/mol. The lowest BCUT2D eigenvalue weighted by Gasteiger charge is -2.07. The van der Waals surface area contributed by atoms with Gasteiger partial charge in [-0.2, -0.15) is 0 Å². The molecule has 0 spiro atoms. The van der Waals surface area contributed by atoms with Gasteiger partial charge in [-0.1, -0.05) is 12.1 Å². The Kier molecular flexibility index (Phi) is 3.44. The summed E-state index contributed by atoms with van der Waals surface area (Å²) in [5, 5.41) is 1.91. The fourth-order valence-electron chi connectivity index (χ4n) is 2.04. The van der Waals surface area contributed by atoms with E-state index >= 15 is 0 Å². The zero-order valence-electron chi connectivity index (χ0n) is 10.7. The van der Waals surface area contributed by atoms with Gasteiger partial charge in [-0.05, 0) is 12.1 Å². The molecule has 0 aliphatic carbocycles. The topological polar surface area (TPSA) is 69.0 Å². The van der Waals surface area contributed by atoms with E-state index in [0.29, 0.717) is 5.82 Å². The third kappa shape index (κ3) is 2.28. The highest BCUT2D eigenvalue weighted by Crippen LogP contribution is 2.24. The van der Waals surface area contributed by atoms with E-state index in [1.165, 1.54) is 18.4 Å². The quantitative estimate of drug-likeness (QED) is 0.744. The number of benzene rings is 1. The summed E-state index contributed by atoms with van der Waals surface area (Å²) >= 11 is 1.49. The number of rotatable bonds is 4. The number of thiazole rings is 1. The van der Waals surface area contributed by atoms with E-state index in [9.17, 15) is 4.79 Å². The first-order valence-electron chi connectivity index (χ1n) is 5.95. The molecule has 0 atom stereocenters. The number of imidazole rings is 1. The highest BCUT2D eigenvalue weighted by Gasteiger charge is 2.16. The minimum Gasteiger partial charge on any atom is -0.313 e. The number of hydrogen-bond donors (Lipinski definition) is 1. The molecule has 0 bridgehead atoms. The number of nitrogens with one attached hydrogen (secondary N) is 1. The van der Waals surface area contributed by atoms with Gasteiger partial charge in [0.2, 0.25) is 0 Å². The molecule has 0 saturated heterocycles. The van der Waals surface area contributed by atoms with Crippen molar-refractivity contribution in [3.05, 3.63) is 35.2 Å². The maximum Gasteiger partial charge on any atom is 0.263 e. The van der Waals surface area contributed by atoms with Gasteiger partial charge in [0, 0.05) is 5.38 Å². The lowest BCUT2D eigenvalue weighted by atomic mass is 10.3. The molecule has 1 aromatic carbocycles. The average molecular weight is 288 g/mol. The van der Waals surface area contributed by atoms with Crippen LogP contribution in [0.1, 0.15) is 0 Å². The minimum absolute atomic E-state index is 0.126. The summed E-state index contributed by atoms with van der Waals surface area (Å²) in [4.78, 5) is 25.2. The van der Waals surface area contributed by atoms with Crippen LogP contribution in [-0.2, 0) is 16.2 Å². The van der Waals surface area contributed by atoms with Crippen LogP contribution in [0.2, 0.25) is 0 Å². The van der Waals surface area contributed by atoms with E-state index < -0.39 is 0 Å². The van der Waals surface area contributed by atoms with E-state index in [1.54, 1.807) is 5.51 Å². The molecule has 6 nitrogen and oxygen atoms in total. The summed E-state index contributed by atoms with van der Waals surface area (Å²) < 4.78 is 1.83. The molecule has 0 aliphatic heterocycles. The van der Waals surface area contributed by atoms with Crippen molar-refractivity contribution in [1.29, 1.82) is 0 Å². The summed E-state index contributed by atoms with van der Waals surface area (Å²) in [6.45, 7) is 0.126. The Morgan fingerprint density at radius 2 is 2.30 bits per heavy atom. The van der Waals surface area contributed by atoms with Gasteiger partial charge in [0.05, 0.1) is 23.7 Å². The van der Waals surface area contributed by atoms with Crippen molar-refractivity contribution in [2.24, 2.45) is 0 Å². The lowest BCUT2D eigenvalue weighted by Crippen LogP contribution is -2.26. The number of aromatic nitrogens is 3. The molecule has 102 valence electrons. The zero-order valence-corrected chi connectivity index (χ0v) is 11.6.